The van der Waals surface area contributed by atoms with Crippen LogP contribution in [0.1, 0.15) is 51.4 Å². The molecule has 0 atom stereocenters. The van der Waals surface area contributed by atoms with Crippen LogP contribution in [0, 0.1) is 0 Å². The Bertz CT molecular complexity index is 222. The van der Waals surface area contributed by atoms with Gasteiger partial charge in [-0.1, -0.05) is 25.7 Å². The number of unbranched alkanes of at least 4 members (excludes halogenated alkanes) is 6. The fourth-order valence-electron chi connectivity index (χ4n) is 1.50. The van der Waals surface area contributed by atoms with E-state index in [9.17, 15) is 18.2 Å². The minimum Gasteiger partial charge on any atom is -0.302 e. The molecular weight excluding hydrogens is 277 g/mol. The maximum absolute atomic E-state index is 11.8. The van der Waals surface area contributed by atoms with Crippen molar-refractivity contribution in [2.75, 3.05) is 26.6 Å². The number of hydrogen-bond donors (Lipinski definition) is 1. The van der Waals surface area contributed by atoms with Gasteiger partial charge in [0.25, 0.3) is 0 Å². The lowest BCUT2D eigenvalue weighted by Crippen LogP contribution is -1.99. The zero-order valence-corrected chi connectivity index (χ0v) is 12.3. The highest BCUT2D eigenvalue weighted by Gasteiger charge is 2.19. The van der Waals surface area contributed by atoms with Crippen molar-refractivity contribution in [2.24, 2.45) is 0 Å². The van der Waals surface area contributed by atoms with Gasteiger partial charge in [-0.25, -0.2) is 4.57 Å². The molecule has 19 heavy (non-hydrogen) atoms. The predicted octanol–water partition coefficient (Wildman–Crippen LogP) is 4.18. The summed E-state index contributed by atoms with van der Waals surface area (Å²) in [6.45, 7) is -0.375. The zero-order chi connectivity index (χ0) is 14.4. The smallest absolute Gasteiger partial charge is 0.302 e. The van der Waals surface area contributed by atoms with Gasteiger partial charge in [-0.05, 0) is 25.7 Å². The molecular formula is C12H25F2O4P. The highest BCUT2D eigenvalue weighted by molar-refractivity contribution is 7.47. The largest absolute Gasteiger partial charge is 0.472 e. The molecule has 0 fully saturated rings. The number of hydrogen-bond acceptors (Lipinski definition) is 3. The molecule has 116 valence electrons. The highest BCUT2D eigenvalue weighted by atomic mass is 31.2. The van der Waals surface area contributed by atoms with Crippen LogP contribution in [-0.2, 0) is 13.6 Å². The van der Waals surface area contributed by atoms with Gasteiger partial charge in [0.15, 0.2) is 0 Å². The zero-order valence-electron chi connectivity index (χ0n) is 11.4. The number of rotatable bonds is 14. The van der Waals surface area contributed by atoms with Gasteiger partial charge in [0.1, 0.15) is 0 Å². The summed E-state index contributed by atoms with van der Waals surface area (Å²) < 4.78 is 44.5. The molecule has 0 unspecified atom stereocenters. The molecule has 0 aliphatic carbocycles. The van der Waals surface area contributed by atoms with E-state index in [2.05, 4.69) is 0 Å². The van der Waals surface area contributed by atoms with Crippen molar-refractivity contribution in [1.29, 1.82) is 0 Å². The first-order chi connectivity index (χ1) is 9.12. The Labute approximate surface area is 114 Å². The van der Waals surface area contributed by atoms with Gasteiger partial charge in [-0.2, -0.15) is 0 Å². The number of alkyl halides is 2. The van der Waals surface area contributed by atoms with Crippen LogP contribution in [0.25, 0.3) is 0 Å². The van der Waals surface area contributed by atoms with Gasteiger partial charge in [0, 0.05) is 0 Å². The van der Waals surface area contributed by atoms with Crippen LogP contribution in [0.3, 0.4) is 0 Å². The standard InChI is InChI=1S/C12H25F2O4P/c13-9-5-1-3-7-11-17-19(15,16)18-12-8-4-2-6-10-14/h1-12H2,(H,15,16). The summed E-state index contributed by atoms with van der Waals surface area (Å²) in [7, 11) is -3.95. The lowest BCUT2D eigenvalue weighted by atomic mass is 10.2. The van der Waals surface area contributed by atoms with E-state index >= 15 is 0 Å². The van der Waals surface area contributed by atoms with E-state index in [-0.39, 0.29) is 26.6 Å². The Morgan fingerprint density at radius 2 is 1.11 bits per heavy atom. The van der Waals surface area contributed by atoms with E-state index in [1.165, 1.54) is 0 Å². The molecule has 0 saturated heterocycles. The third kappa shape index (κ3) is 14.2. The fraction of sp³-hybridized carbons (Fsp3) is 1.00. The van der Waals surface area contributed by atoms with E-state index in [4.69, 9.17) is 9.05 Å². The molecule has 0 aromatic heterocycles. The SMILES string of the molecule is O=P(O)(OCCCCCCF)OCCCCCCF. The average Bonchev–Trinajstić information content (AvgIpc) is 2.38. The lowest BCUT2D eigenvalue weighted by molar-refractivity contribution is 0.145. The second kappa shape index (κ2) is 13.0. The fourth-order valence-corrected chi connectivity index (χ4v) is 2.29. The van der Waals surface area contributed by atoms with Crippen molar-refractivity contribution >= 4 is 7.82 Å². The Hall–Kier alpha value is -0.0300. The van der Waals surface area contributed by atoms with Crippen molar-refractivity contribution in [3.8, 4) is 0 Å². The van der Waals surface area contributed by atoms with Crippen LogP contribution in [0.15, 0.2) is 0 Å². The molecule has 0 heterocycles. The summed E-state index contributed by atoms with van der Waals surface area (Å²) in [5, 5.41) is 0. The Balaban J connectivity index is 3.39. The van der Waals surface area contributed by atoms with Crippen LogP contribution >= 0.6 is 7.82 Å². The molecule has 0 aliphatic rings. The highest BCUT2D eigenvalue weighted by Crippen LogP contribution is 2.43. The first-order valence-corrected chi connectivity index (χ1v) is 8.36. The lowest BCUT2D eigenvalue weighted by Gasteiger charge is -2.11. The second-order valence-electron chi connectivity index (χ2n) is 4.34. The van der Waals surface area contributed by atoms with Crippen molar-refractivity contribution < 1.29 is 27.3 Å². The molecule has 1 N–H and O–H groups in total. The first-order valence-electron chi connectivity index (χ1n) is 6.86. The maximum Gasteiger partial charge on any atom is 0.472 e. The van der Waals surface area contributed by atoms with E-state index in [1.54, 1.807) is 0 Å². The first kappa shape index (κ1) is 19.0. The topological polar surface area (TPSA) is 55.8 Å². The molecule has 0 radical (unpaired) electrons. The predicted molar refractivity (Wildman–Crippen MR) is 70.6 cm³/mol. The molecule has 0 aliphatic heterocycles. The number of phosphoric ester groups is 1. The average molecular weight is 302 g/mol. The van der Waals surface area contributed by atoms with Gasteiger partial charge in [0.05, 0.1) is 26.6 Å². The summed E-state index contributed by atoms with van der Waals surface area (Å²) in [5.74, 6) is 0. The van der Waals surface area contributed by atoms with Crippen LogP contribution in [0.5, 0.6) is 0 Å². The minimum absolute atomic E-state index is 0.141. The maximum atomic E-state index is 11.8. The van der Waals surface area contributed by atoms with Crippen molar-refractivity contribution in [3.63, 3.8) is 0 Å². The van der Waals surface area contributed by atoms with Crippen LogP contribution in [-0.4, -0.2) is 31.5 Å². The summed E-state index contributed by atoms with van der Waals surface area (Å²) in [5.41, 5.74) is 0. The summed E-state index contributed by atoms with van der Waals surface area (Å²) in [4.78, 5) is 9.31. The van der Waals surface area contributed by atoms with Gasteiger partial charge in [-0.3, -0.25) is 17.8 Å². The number of phosphoric acid groups is 1. The molecule has 0 rings (SSSR count). The number of halogens is 2. The van der Waals surface area contributed by atoms with Gasteiger partial charge in [-0.15, -0.1) is 0 Å². The van der Waals surface area contributed by atoms with E-state index in [0.29, 0.717) is 25.7 Å². The van der Waals surface area contributed by atoms with Crippen LogP contribution < -0.4 is 0 Å². The molecule has 0 spiro atoms. The van der Waals surface area contributed by atoms with E-state index in [1.807, 2.05) is 0 Å². The normalized spacial score (nSPS) is 11.9. The Morgan fingerprint density at radius 1 is 0.737 bits per heavy atom. The second-order valence-corrected chi connectivity index (χ2v) is 5.79. The van der Waals surface area contributed by atoms with Gasteiger partial charge < -0.3 is 4.89 Å². The monoisotopic (exact) mass is 302 g/mol. The minimum atomic E-state index is -3.95. The molecule has 7 heteroatoms. The van der Waals surface area contributed by atoms with Gasteiger partial charge >= 0.3 is 7.82 Å². The van der Waals surface area contributed by atoms with Crippen LogP contribution in [0.4, 0.5) is 8.78 Å². The van der Waals surface area contributed by atoms with Crippen LogP contribution in [0.2, 0.25) is 0 Å². The van der Waals surface area contributed by atoms with E-state index in [0.717, 1.165) is 25.7 Å². The third-order valence-corrected chi connectivity index (χ3v) is 3.58. The molecule has 4 nitrogen and oxygen atoms in total. The van der Waals surface area contributed by atoms with Crippen molar-refractivity contribution in [2.45, 2.75) is 51.4 Å². The van der Waals surface area contributed by atoms with Crippen molar-refractivity contribution in [3.05, 3.63) is 0 Å². The molecule has 0 aromatic carbocycles. The molecule has 0 bridgehead atoms. The molecule has 0 aromatic rings. The Morgan fingerprint density at radius 3 is 1.47 bits per heavy atom. The summed E-state index contributed by atoms with van der Waals surface area (Å²) >= 11 is 0. The molecule has 0 saturated carbocycles. The van der Waals surface area contributed by atoms with E-state index < -0.39 is 7.82 Å². The summed E-state index contributed by atoms with van der Waals surface area (Å²) in [6.07, 6.45) is 5.32. The third-order valence-electron chi connectivity index (χ3n) is 2.56. The van der Waals surface area contributed by atoms with Crippen molar-refractivity contribution in [1.82, 2.24) is 0 Å². The summed E-state index contributed by atoms with van der Waals surface area (Å²) in [6, 6.07) is 0. The Kier molecular flexibility index (Phi) is 13.0. The van der Waals surface area contributed by atoms with Gasteiger partial charge in [0.2, 0.25) is 0 Å². The molecule has 0 amide bonds. The quantitative estimate of drug-likeness (QED) is 0.386.